The molecule has 0 fully saturated rings. The van der Waals surface area contributed by atoms with E-state index in [2.05, 4.69) is 44.4 Å². The summed E-state index contributed by atoms with van der Waals surface area (Å²) in [6.07, 6.45) is 2.48. The lowest BCUT2D eigenvalue weighted by molar-refractivity contribution is -0.0289. The van der Waals surface area contributed by atoms with Crippen LogP contribution in [0.15, 0.2) is 0 Å². The zero-order valence-corrected chi connectivity index (χ0v) is 13.8. The van der Waals surface area contributed by atoms with Gasteiger partial charge < -0.3 is 11.5 Å². The fourth-order valence-corrected chi connectivity index (χ4v) is 2.57. The minimum Gasteiger partial charge on any atom is -0.329 e. The summed E-state index contributed by atoms with van der Waals surface area (Å²) in [7, 11) is 0. The molecule has 0 aromatic carbocycles. The fourth-order valence-electron chi connectivity index (χ4n) is 2.57. The Kier molecular flexibility index (Phi) is 9.62. The zero-order valence-electron chi connectivity index (χ0n) is 13.8. The quantitative estimate of drug-likeness (QED) is 0.562. The molecule has 19 heavy (non-hydrogen) atoms. The summed E-state index contributed by atoms with van der Waals surface area (Å²) in [6, 6.07) is 0. The molecule has 116 valence electrons. The van der Waals surface area contributed by atoms with Gasteiger partial charge in [0.05, 0.1) is 5.66 Å². The highest BCUT2D eigenvalue weighted by Gasteiger charge is 2.31. The SMILES string of the molecule is CCC(C)CCN(CCN)C(C)(C)N(CC)CCN. The predicted octanol–water partition coefficient (Wildman–Crippen LogP) is 1.70. The summed E-state index contributed by atoms with van der Waals surface area (Å²) in [5, 5.41) is 0. The maximum atomic E-state index is 5.80. The molecular weight excluding hydrogens is 236 g/mol. The van der Waals surface area contributed by atoms with Crippen molar-refractivity contribution in [1.29, 1.82) is 0 Å². The molecule has 1 unspecified atom stereocenters. The van der Waals surface area contributed by atoms with Crippen molar-refractivity contribution in [2.45, 2.75) is 53.1 Å². The third kappa shape index (κ3) is 6.21. The number of hydrogen-bond acceptors (Lipinski definition) is 4. The molecule has 0 amide bonds. The Bertz CT molecular complexity index is 218. The molecule has 0 aromatic rings. The van der Waals surface area contributed by atoms with Gasteiger partial charge in [0.2, 0.25) is 0 Å². The molecule has 0 aliphatic heterocycles. The van der Waals surface area contributed by atoms with Gasteiger partial charge in [-0.15, -0.1) is 0 Å². The van der Waals surface area contributed by atoms with E-state index in [4.69, 9.17) is 11.5 Å². The van der Waals surface area contributed by atoms with Crippen molar-refractivity contribution in [3.8, 4) is 0 Å². The number of rotatable bonds is 11. The Morgan fingerprint density at radius 1 is 0.947 bits per heavy atom. The highest BCUT2D eigenvalue weighted by molar-refractivity contribution is 4.83. The lowest BCUT2D eigenvalue weighted by atomic mass is 10.0. The number of nitrogens with zero attached hydrogens (tertiary/aromatic N) is 2. The Balaban J connectivity index is 4.70. The lowest BCUT2D eigenvalue weighted by Gasteiger charge is -2.46. The van der Waals surface area contributed by atoms with Gasteiger partial charge in [-0.05, 0) is 32.7 Å². The van der Waals surface area contributed by atoms with Gasteiger partial charge in [-0.25, -0.2) is 0 Å². The van der Waals surface area contributed by atoms with Crippen molar-refractivity contribution in [2.24, 2.45) is 17.4 Å². The van der Waals surface area contributed by atoms with Crippen LogP contribution in [0.25, 0.3) is 0 Å². The maximum absolute atomic E-state index is 5.80. The Hall–Kier alpha value is -0.160. The number of hydrogen-bond donors (Lipinski definition) is 2. The van der Waals surface area contributed by atoms with Crippen LogP contribution in [0.2, 0.25) is 0 Å². The van der Waals surface area contributed by atoms with Gasteiger partial charge in [0.25, 0.3) is 0 Å². The van der Waals surface area contributed by atoms with E-state index < -0.39 is 0 Å². The average molecular weight is 272 g/mol. The maximum Gasteiger partial charge on any atom is 0.0680 e. The Morgan fingerprint density at radius 3 is 1.89 bits per heavy atom. The smallest absolute Gasteiger partial charge is 0.0680 e. The fraction of sp³-hybridized carbons (Fsp3) is 1.00. The van der Waals surface area contributed by atoms with E-state index in [1.807, 2.05) is 0 Å². The first-order valence-corrected chi connectivity index (χ1v) is 7.84. The second-order valence-electron chi connectivity index (χ2n) is 5.94. The molecule has 1 atom stereocenters. The number of likely N-dealkylation sites (N-methyl/N-ethyl adjacent to an activating group) is 1. The standard InChI is InChI=1S/C15H36N4/c1-6-14(3)8-11-19(13-10-17)15(4,5)18(7-2)12-9-16/h14H,6-13,16-17H2,1-5H3. The van der Waals surface area contributed by atoms with Crippen LogP contribution in [0.4, 0.5) is 0 Å². The zero-order chi connectivity index (χ0) is 14.9. The van der Waals surface area contributed by atoms with E-state index in [0.717, 1.165) is 32.1 Å². The van der Waals surface area contributed by atoms with Gasteiger partial charge >= 0.3 is 0 Å². The van der Waals surface area contributed by atoms with Crippen LogP contribution >= 0.6 is 0 Å². The second kappa shape index (κ2) is 9.70. The highest BCUT2D eigenvalue weighted by Crippen LogP contribution is 2.21. The summed E-state index contributed by atoms with van der Waals surface area (Å²) in [5.41, 5.74) is 11.6. The summed E-state index contributed by atoms with van der Waals surface area (Å²) in [5.74, 6) is 0.778. The molecule has 0 spiro atoms. The van der Waals surface area contributed by atoms with Crippen LogP contribution in [0.5, 0.6) is 0 Å². The molecule has 0 saturated heterocycles. The van der Waals surface area contributed by atoms with Crippen LogP contribution in [-0.2, 0) is 0 Å². The summed E-state index contributed by atoms with van der Waals surface area (Å²) < 4.78 is 0. The first kappa shape index (κ1) is 18.8. The van der Waals surface area contributed by atoms with Crippen molar-refractivity contribution in [2.75, 3.05) is 39.3 Å². The first-order chi connectivity index (χ1) is 8.93. The molecule has 0 rings (SSSR count). The normalized spacial score (nSPS) is 14.4. The van der Waals surface area contributed by atoms with Crippen molar-refractivity contribution >= 4 is 0 Å². The second-order valence-corrected chi connectivity index (χ2v) is 5.94. The largest absolute Gasteiger partial charge is 0.329 e. The van der Waals surface area contributed by atoms with E-state index >= 15 is 0 Å². The molecule has 0 heterocycles. The Labute approximate surface area is 120 Å². The van der Waals surface area contributed by atoms with E-state index in [0.29, 0.717) is 13.1 Å². The first-order valence-electron chi connectivity index (χ1n) is 7.84. The summed E-state index contributed by atoms with van der Waals surface area (Å²) in [4.78, 5) is 4.96. The molecule has 0 aliphatic rings. The number of nitrogens with two attached hydrogens (primary N) is 2. The molecule has 0 saturated carbocycles. The van der Waals surface area contributed by atoms with Gasteiger partial charge in [0.1, 0.15) is 0 Å². The molecule has 4 heteroatoms. The lowest BCUT2D eigenvalue weighted by Crippen LogP contribution is -2.59. The van der Waals surface area contributed by atoms with Gasteiger partial charge in [0.15, 0.2) is 0 Å². The van der Waals surface area contributed by atoms with E-state index in [9.17, 15) is 0 Å². The third-order valence-electron chi connectivity index (χ3n) is 4.32. The van der Waals surface area contributed by atoms with E-state index in [1.165, 1.54) is 12.8 Å². The van der Waals surface area contributed by atoms with E-state index in [-0.39, 0.29) is 5.66 Å². The van der Waals surface area contributed by atoms with Crippen LogP contribution in [0.1, 0.15) is 47.5 Å². The summed E-state index contributed by atoms with van der Waals surface area (Å²) >= 11 is 0. The van der Waals surface area contributed by atoms with Crippen molar-refractivity contribution in [1.82, 2.24) is 9.80 Å². The van der Waals surface area contributed by atoms with Crippen LogP contribution in [-0.4, -0.2) is 54.7 Å². The van der Waals surface area contributed by atoms with Crippen molar-refractivity contribution in [3.05, 3.63) is 0 Å². The average Bonchev–Trinajstić information content (AvgIpc) is 2.39. The van der Waals surface area contributed by atoms with E-state index in [1.54, 1.807) is 0 Å². The van der Waals surface area contributed by atoms with Crippen LogP contribution in [0.3, 0.4) is 0 Å². The third-order valence-corrected chi connectivity index (χ3v) is 4.32. The monoisotopic (exact) mass is 272 g/mol. The summed E-state index contributed by atoms with van der Waals surface area (Å²) in [6.45, 7) is 16.8. The molecule has 4 nitrogen and oxygen atoms in total. The molecule has 0 aromatic heterocycles. The van der Waals surface area contributed by atoms with Gasteiger partial charge in [-0.3, -0.25) is 9.80 Å². The van der Waals surface area contributed by atoms with Crippen LogP contribution < -0.4 is 11.5 Å². The van der Waals surface area contributed by atoms with Gasteiger partial charge in [-0.1, -0.05) is 27.2 Å². The highest BCUT2D eigenvalue weighted by atomic mass is 15.4. The Morgan fingerprint density at radius 2 is 1.47 bits per heavy atom. The van der Waals surface area contributed by atoms with Gasteiger partial charge in [-0.2, -0.15) is 0 Å². The topological polar surface area (TPSA) is 58.5 Å². The molecular formula is C15H36N4. The minimum absolute atomic E-state index is 0.0287. The predicted molar refractivity (Wildman–Crippen MR) is 85.1 cm³/mol. The van der Waals surface area contributed by atoms with Crippen LogP contribution in [0, 0.1) is 5.92 Å². The van der Waals surface area contributed by atoms with Gasteiger partial charge in [0, 0.05) is 32.7 Å². The van der Waals surface area contributed by atoms with Crippen molar-refractivity contribution < 1.29 is 0 Å². The van der Waals surface area contributed by atoms with Crippen molar-refractivity contribution in [3.63, 3.8) is 0 Å². The minimum atomic E-state index is 0.0287. The molecule has 0 radical (unpaired) electrons. The molecule has 0 bridgehead atoms. The molecule has 0 aliphatic carbocycles. The molecule has 4 N–H and O–H groups in total.